The number of benzene rings is 1. The SMILES string of the molecule is COc1cccc(C=N[N-]C(N)=[SH+])c1[OH2+].[Ni+2].[OH-]. The Balaban J connectivity index is 0. The van der Waals surface area contributed by atoms with Crippen LogP contribution in [0.25, 0.3) is 5.43 Å². The third kappa shape index (κ3) is 5.60. The van der Waals surface area contributed by atoms with Crippen molar-refractivity contribution in [2.24, 2.45) is 10.8 Å². The number of rotatable bonds is 3. The van der Waals surface area contributed by atoms with E-state index in [9.17, 15) is 0 Å². The van der Waals surface area contributed by atoms with Gasteiger partial charge in [0, 0.05) is 6.21 Å². The van der Waals surface area contributed by atoms with Crippen LogP contribution in [0, 0.1) is 0 Å². The molecule has 0 unspecified atom stereocenters. The van der Waals surface area contributed by atoms with Gasteiger partial charge in [-0.25, -0.2) is 0 Å². The Morgan fingerprint density at radius 3 is 2.76 bits per heavy atom. The van der Waals surface area contributed by atoms with Gasteiger partial charge in [-0.3, -0.25) is 5.73 Å². The predicted octanol–water partition coefficient (Wildman–Crippen LogP) is -0.0133. The summed E-state index contributed by atoms with van der Waals surface area (Å²) in [6.45, 7) is 0. The first-order valence-electron chi connectivity index (χ1n) is 4.09. The smallest absolute Gasteiger partial charge is 0.870 e. The maximum absolute atomic E-state index is 7.72. The van der Waals surface area contributed by atoms with Gasteiger partial charge in [0.25, 0.3) is 0 Å². The van der Waals surface area contributed by atoms with E-state index in [4.69, 9.17) is 15.6 Å². The van der Waals surface area contributed by atoms with Crippen molar-refractivity contribution in [1.29, 1.82) is 0 Å². The summed E-state index contributed by atoms with van der Waals surface area (Å²) in [5, 5.41) is 11.5. The van der Waals surface area contributed by atoms with Crippen molar-refractivity contribution in [3.05, 3.63) is 29.2 Å². The summed E-state index contributed by atoms with van der Waals surface area (Å²) < 4.78 is 4.99. The van der Waals surface area contributed by atoms with Gasteiger partial charge >= 0.3 is 22.2 Å². The number of methoxy groups -OCH3 is 1. The van der Waals surface area contributed by atoms with Crippen LogP contribution in [0.3, 0.4) is 0 Å². The van der Waals surface area contributed by atoms with Gasteiger partial charge in [0.2, 0.25) is 5.75 Å². The minimum absolute atomic E-state index is 0. The summed E-state index contributed by atoms with van der Waals surface area (Å²) >= 11 is 3.75. The molecule has 0 fully saturated rings. The van der Waals surface area contributed by atoms with Crippen LogP contribution in [0.2, 0.25) is 0 Å². The number of nitrogens with zero attached hydrogens (tertiary/aromatic N) is 2. The molecule has 0 spiro atoms. The summed E-state index contributed by atoms with van der Waals surface area (Å²) in [6, 6.07) is 5.21. The number of hydrogen-bond acceptors (Lipinski definition) is 3. The molecule has 0 heterocycles. The average Bonchev–Trinajstić information content (AvgIpc) is 2.20. The second-order valence-electron chi connectivity index (χ2n) is 2.63. The van der Waals surface area contributed by atoms with Crippen LogP contribution in [-0.4, -0.2) is 29.0 Å². The Bertz CT molecular complexity index is 401. The van der Waals surface area contributed by atoms with Gasteiger partial charge in [-0.05, 0) is 12.1 Å². The molecule has 17 heavy (non-hydrogen) atoms. The molecule has 96 valence electrons. The van der Waals surface area contributed by atoms with Crippen LogP contribution >= 0.6 is 0 Å². The second-order valence-corrected chi connectivity index (χ2v) is 3.09. The van der Waals surface area contributed by atoms with Crippen molar-refractivity contribution in [3.63, 3.8) is 0 Å². The van der Waals surface area contributed by atoms with Crippen molar-refractivity contribution in [3.8, 4) is 11.5 Å². The van der Waals surface area contributed by atoms with Crippen molar-refractivity contribution in [2.45, 2.75) is 0 Å². The van der Waals surface area contributed by atoms with Crippen LogP contribution in [0.1, 0.15) is 5.56 Å². The van der Waals surface area contributed by atoms with E-state index in [1.54, 1.807) is 18.2 Å². The maximum atomic E-state index is 7.72. The van der Waals surface area contributed by atoms with Gasteiger partial charge in [-0.15, -0.1) is 0 Å². The van der Waals surface area contributed by atoms with Gasteiger partial charge in [-0.1, -0.05) is 6.07 Å². The molecule has 1 aromatic rings. The first-order valence-corrected chi connectivity index (χ1v) is 4.54. The van der Waals surface area contributed by atoms with E-state index in [1.165, 1.54) is 13.3 Å². The fourth-order valence-electron chi connectivity index (χ4n) is 0.976. The Hall–Kier alpha value is -1.21. The third-order valence-corrected chi connectivity index (χ3v) is 1.72. The van der Waals surface area contributed by atoms with Crippen LogP contribution < -0.4 is 10.5 Å². The zero-order chi connectivity index (χ0) is 11.3. The summed E-state index contributed by atoms with van der Waals surface area (Å²) in [4.78, 5) is 0. The molecule has 0 saturated carbocycles. The number of para-hydroxylation sites is 1. The molecule has 1 rings (SSSR count). The maximum Gasteiger partial charge on any atom is 2.00 e. The molecule has 1 aromatic carbocycles. The molecular formula is C9H13N3NiO3S+2. The molecule has 5 N–H and O–H groups in total. The van der Waals surface area contributed by atoms with Crippen LogP contribution in [0.4, 0.5) is 0 Å². The molecule has 0 saturated heterocycles. The van der Waals surface area contributed by atoms with E-state index in [0.717, 1.165) is 0 Å². The van der Waals surface area contributed by atoms with E-state index in [0.29, 0.717) is 11.3 Å². The molecular weight excluding hydrogens is 289 g/mol. The third-order valence-electron chi connectivity index (χ3n) is 1.64. The van der Waals surface area contributed by atoms with Gasteiger partial charge < -0.3 is 25.8 Å². The van der Waals surface area contributed by atoms with Gasteiger partial charge in [0.05, 0.1) is 12.7 Å². The minimum Gasteiger partial charge on any atom is -0.870 e. The molecule has 0 atom stereocenters. The number of ether oxygens (including phenoxy) is 1. The molecule has 0 radical (unpaired) electrons. The first-order chi connectivity index (χ1) is 7.15. The summed E-state index contributed by atoms with van der Waals surface area (Å²) in [7, 11) is 1.51. The van der Waals surface area contributed by atoms with E-state index in [2.05, 4.69) is 22.7 Å². The van der Waals surface area contributed by atoms with Crippen LogP contribution in [-0.2, 0) is 28.7 Å². The molecule has 0 aliphatic heterocycles. The molecule has 0 bridgehead atoms. The van der Waals surface area contributed by atoms with Crippen LogP contribution in [0.5, 0.6) is 11.5 Å². The molecule has 6 nitrogen and oxygen atoms in total. The van der Waals surface area contributed by atoms with E-state index in [-0.39, 0.29) is 32.8 Å². The Morgan fingerprint density at radius 1 is 1.59 bits per heavy atom. The molecule has 0 amide bonds. The van der Waals surface area contributed by atoms with Gasteiger partial charge in [-0.2, -0.15) is 0 Å². The Morgan fingerprint density at radius 2 is 2.24 bits per heavy atom. The van der Waals surface area contributed by atoms with E-state index in [1.807, 2.05) is 0 Å². The Kier molecular flexibility index (Phi) is 9.50. The average molecular weight is 302 g/mol. The first kappa shape index (κ1) is 18.2. The summed E-state index contributed by atoms with van der Waals surface area (Å²) in [5.41, 5.74) is 9.30. The zero-order valence-electron chi connectivity index (χ0n) is 8.90. The van der Waals surface area contributed by atoms with E-state index >= 15 is 0 Å². The predicted molar refractivity (Wildman–Crippen MR) is 66.9 cm³/mol. The fraction of sp³-hybridized carbons (Fsp3) is 0.111. The normalized spacial score (nSPS) is 9.06. The summed E-state index contributed by atoms with van der Waals surface area (Å²) in [6.07, 6.45) is 1.42. The molecule has 0 aromatic heterocycles. The topological polar surface area (TPSA) is 115 Å². The number of nitrogens with two attached hydrogens (primary N) is 1. The van der Waals surface area contributed by atoms with E-state index < -0.39 is 0 Å². The second kappa shape index (κ2) is 8.89. The van der Waals surface area contributed by atoms with Crippen molar-refractivity contribution < 1.29 is 31.8 Å². The Labute approximate surface area is 114 Å². The minimum atomic E-state index is 0. The summed E-state index contributed by atoms with van der Waals surface area (Å²) in [5.74, 6) is 0.749. The fourth-order valence-corrected chi connectivity index (χ4v) is 1.03. The standard InChI is InChI=1S/C9H11N3O2S.Ni.H2O/c1-14-7-4-2-3-6(8(7)13)5-11-12-9(10)15;;/h2-5H,1H3,(H4,10,11,12,13,15);;1H2/q;+2;. The molecule has 0 aliphatic carbocycles. The van der Waals surface area contributed by atoms with Crippen molar-refractivity contribution >= 4 is 23.5 Å². The van der Waals surface area contributed by atoms with Gasteiger partial charge in [0.1, 0.15) is 0 Å². The van der Waals surface area contributed by atoms with Crippen LogP contribution in [0.15, 0.2) is 23.3 Å². The molecule has 0 aliphatic rings. The van der Waals surface area contributed by atoms with Gasteiger partial charge in [0.15, 0.2) is 17.3 Å². The molecule has 8 heteroatoms. The van der Waals surface area contributed by atoms with Crippen molar-refractivity contribution in [1.82, 2.24) is 0 Å². The largest absolute Gasteiger partial charge is 2.00 e. The number of hydrogen-bond donors (Lipinski definition) is 1. The quantitative estimate of drug-likeness (QED) is 0.211. The monoisotopic (exact) mass is 301 g/mol. The number of thiol groups is 1. The van der Waals surface area contributed by atoms with Crippen molar-refractivity contribution in [2.75, 3.05) is 7.11 Å². The zero-order valence-corrected chi connectivity index (χ0v) is 10.8.